The summed E-state index contributed by atoms with van der Waals surface area (Å²) in [6, 6.07) is 10.2. The van der Waals surface area contributed by atoms with Crippen LogP contribution >= 0.6 is 34.5 Å². The monoisotopic (exact) mass is 370 g/mol. The Morgan fingerprint density at radius 3 is 2.26 bits per heavy atom. The number of unbranched alkanes of at least 4 members (excludes halogenated alkanes) is 1. The van der Waals surface area contributed by atoms with Crippen LogP contribution in [0.4, 0.5) is 0 Å². The van der Waals surface area contributed by atoms with Crippen molar-refractivity contribution in [1.82, 2.24) is 0 Å². The molecule has 0 atom stereocenters. The van der Waals surface area contributed by atoms with Crippen LogP contribution in [0.2, 0.25) is 10.0 Å². The Kier molecular flexibility index (Phi) is 7.41. The molecule has 0 unspecified atom stereocenters. The van der Waals surface area contributed by atoms with Gasteiger partial charge >= 0.3 is 5.97 Å². The second-order valence-electron chi connectivity index (χ2n) is 5.57. The van der Waals surface area contributed by atoms with Crippen molar-refractivity contribution in [2.24, 2.45) is 0 Å². The Bertz CT molecular complexity index is 652. The lowest BCUT2D eigenvalue weighted by Crippen LogP contribution is -1.94. The number of aryl methyl sites for hydroxylation is 3. The van der Waals surface area contributed by atoms with E-state index in [9.17, 15) is 4.79 Å². The zero-order valence-electron chi connectivity index (χ0n) is 12.9. The molecule has 0 aliphatic carbocycles. The summed E-state index contributed by atoms with van der Waals surface area (Å²) in [7, 11) is 0. The average molecular weight is 371 g/mol. The van der Waals surface area contributed by atoms with Gasteiger partial charge in [0.15, 0.2) is 0 Å². The van der Waals surface area contributed by atoms with Gasteiger partial charge in [-0.25, -0.2) is 0 Å². The van der Waals surface area contributed by atoms with Crippen molar-refractivity contribution in [2.45, 2.75) is 44.9 Å². The molecule has 2 nitrogen and oxygen atoms in total. The minimum atomic E-state index is -0.709. The fraction of sp³-hybridized carbons (Fsp3) is 0.389. The van der Waals surface area contributed by atoms with Crippen LogP contribution in [-0.4, -0.2) is 11.1 Å². The number of aliphatic carboxylic acids is 1. The van der Waals surface area contributed by atoms with Gasteiger partial charge in [-0.2, -0.15) is 0 Å². The number of halogens is 2. The highest BCUT2D eigenvalue weighted by atomic mass is 35.5. The molecular formula is C18H20Cl2O2S. The summed E-state index contributed by atoms with van der Waals surface area (Å²) >= 11 is 13.8. The molecule has 0 radical (unpaired) electrons. The number of hydrogen-bond acceptors (Lipinski definition) is 2. The SMILES string of the molecule is O=C(O)CCCCc1ccc(CCCc2ccc(Cl)c(Cl)c2)s1. The molecule has 0 saturated heterocycles. The van der Waals surface area contributed by atoms with Crippen LogP contribution in [0.25, 0.3) is 0 Å². The standard InChI is InChI=1S/C18H20Cl2O2S/c19-16-11-8-13(12-17(16)20)4-3-6-15-10-9-14(23-15)5-1-2-7-18(21)22/h8-12H,1-7H2,(H,21,22). The van der Waals surface area contributed by atoms with Gasteiger partial charge in [0, 0.05) is 16.2 Å². The van der Waals surface area contributed by atoms with Crippen LogP contribution in [-0.2, 0) is 24.1 Å². The highest BCUT2D eigenvalue weighted by Gasteiger charge is 2.04. The molecule has 0 bridgehead atoms. The molecule has 0 amide bonds. The van der Waals surface area contributed by atoms with E-state index in [1.165, 1.54) is 15.3 Å². The van der Waals surface area contributed by atoms with Gasteiger partial charge in [0.05, 0.1) is 10.0 Å². The first-order chi connectivity index (χ1) is 11.0. The van der Waals surface area contributed by atoms with Gasteiger partial charge in [-0.1, -0.05) is 29.3 Å². The van der Waals surface area contributed by atoms with Gasteiger partial charge in [0.1, 0.15) is 0 Å². The number of carboxylic acid groups (broad SMARTS) is 1. The molecule has 1 N–H and O–H groups in total. The van der Waals surface area contributed by atoms with Gasteiger partial charge in [0.2, 0.25) is 0 Å². The van der Waals surface area contributed by atoms with E-state index in [1.807, 2.05) is 29.5 Å². The molecule has 1 heterocycles. The second-order valence-corrected chi connectivity index (χ2v) is 7.64. The van der Waals surface area contributed by atoms with E-state index < -0.39 is 5.97 Å². The third kappa shape index (κ3) is 6.54. The highest BCUT2D eigenvalue weighted by Crippen LogP contribution is 2.24. The van der Waals surface area contributed by atoms with Crippen molar-refractivity contribution >= 4 is 40.5 Å². The summed E-state index contributed by atoms with van der Waals surface area (Å²) in [5, 5.41) is 9.84. The number of hydrogen-bond donors (Lipinski definition) is 1. The van der Waals surface area contributed by atoms with Crippen LogP contribution < -0.4 is 0 Å². The topological polar surface area (TPSA) is 37.3 Å². The summed E-state index contributed by atoms with van der Waals surface area (Å²) in [6.45, 7) is 0. The molecule has 2 aromatic rings. The summed E-state index contributed by atoms with van der Waals surface area (Å²) in [6.07, 6.45) is 6.06. The number of benzene rings is 1. The van der Waals surface area contributed by atoms with E-state index in [0.29, 0.717) is 10.0 Å². The molecule has 0 saturated carbocycles. The van der Waals surface area contributed by atoms with Crippen molar-refractivity contribution in [1.29, 1.82) is 0 Å². The maximum atomic E-state index is 10.5. The zero-order chi connectivity index (χ0) is 16.7. The Balaban J connectivity index is 1.71. The first-order valence-corrected chi connectivity index (χ1v) is 9.35. The molecule has 1 aromatic heterocycles. The fourth-order valence-corrected chi connectivity index (χ4v) is 3.85. The lowest BCUT2D eigenvalue weighted by atomic mass is 10.1. The van der Waals surface area contributed by atoms with Crippen molar-refractivity contribution in [2.75, 3.05) is 0 Å². The minimum Gasteiger partial charge on any atom is -0.481 e. The van der Waals surface area contributed by atoms with E-state index in [1.54, 1.807) is 0 Å². The predicted molar refractivity (Wildman–Crippen MR) is 98.0 cm³/mol. The van der Waals surface area contributed by atoms with Gasteiger partial charge in [0.25, 0.3) is 0 Å². The molecular weight excluding hydrogens is 351 g/mol. The van der Waals surface area contributed by atoms with Crippen LogP contribution in [0.3, 0.4) is 0 Å². The lowest BCUT2D eigenvalue weighted by molar-refractivity contribution is -0.137. The number of carbonyl (C=O) groups is 1. The number of rotatable bonds is 9. The second kappa shape index (κ2) is 9.31. The normalized spacial score (nSPS) is 10.9. The predicted octanol–water partition coefficient (Wildman–Crippen LogP) is 6.03. The minimum absolute atomic E-state index is 0.266. The van der Waals surface area contributed by atoms with Crippen LogP contribution in [0.5, 0.6) is 0 Å². The number of thiophene rings is 1. The first-order valence-electron chi connectivity index (χ1n) is 7.78. The Labute approximate surface area is 151 Å². The molecule has 5 heteroatoms. The van der Waals surface area contributed by atoms with E-state index in [0.717, 1.165) is 38.5 Å². The summed E-state index contributed by atoms with van der Waals surface area (Å²) in [4.78, 5) is 13.2. The van der Waals surface area contributed by atoms with Crippen molar-refractivity contribution in [3.8, 4) is 0 Å². The number of carboxylic acids is 1. The third-order valence-corrected chi connectivity index (χ3v) is 5.60. The molecule has 0 spiro atoms. The maximum absolute atomic E-state index is 10.5. The average Bonchev–Trinajstić information content (AvgIpc) is 2.95. The molecule has 124 valence electrons. The third-order valence-electron chi connectivity index (χ3n) is 3.65. The van der Waals surface area contributed by atoms with Crippen LogP contribution in [0.15, 0.2) is 30.3 Å². The van der Waals surface area contributed by atoms with E-state index >= 15 is 0 Å². The molecule has 1 aromatic carbocycles. The molecule has 2 rings (SSSR count). The lowest BCUT2D eigenvalue weighted by Gasteiger charge is -2.02. The molecule has 23 heavy (non-hydrogen) atoms. The van der Waals surface area contributed by atoms with Crippen molar-refractivity contribution in [3.63, 3.8) is 0 Å². The quantitative estimate of drug-likeness (QED) is 0.547. The van der Waals surface area contributed by atoms with E-state index in [4.69, 9.17) is 28.3 Å². The summed E-state index contributed by atoms with van der Waals surface area (Å²) in [5.74, 6) is -0.709. The van der Waals surface area contributed by atoms with Gasteiger partial charge in [-0.3, -0.25) is 4.79 Å². The first kappa shape index (κ1) is 18.3. The maximum Gasteiger partial charge on any atom is 0.303 e. The van der Waals surface area contributed by atoms with Gasteiger partial charge in [-0.05, 0) is 68.4 Å². The highest BCUT2D eigenvalue weighted by molar-refractivity contribution is 7.11. The summed E-state index contributed by atoms with van der Waals surface area (Å²) in [5.41, 5.74) is 1.21. The molecule has 0 aliphatic rings. The Morgan fingerprint density at radius 1 is 0.913 bits per heavy atom. The zero-order valence-corrected chi connectivity index (χ0v) is 15.2. The van der Waals surface area contributed by atoms with Crippen molar-refractivity contribution < 1.29 is 9.90 Å². The fourth-order valence-electron chi connectivity index (χ4n) is 2.43. The van der Waals surface area contributed by atoms with E-state index in [-0.39, 0.29) is 6.42 Å². The van der Waals surface area contributed by atoms with Gasteiger partial charge < -0.3 is 5.11 Å². The van der Waals surface area contributed by atoms with Gasteiger partial charge in [-0.15, -0.1) is 11.3 Å². The van der Waals surface area contributed by atoms with Crippen LogP contribution in [0, 0.1) is 0 Å². The Hall–Kier alpha value is -1.03. The molecule has 0 aliphatic heterocycles. The largest absolute Gasteiger partial charge is 0.481 e. The smallest absolute Gasteiger partial charge is 0.303 e. The van der Waals surface area contributed by atoms with Crippen molar-refractivity contribution in [3.05, 3.63) is 55.7 Å². The van der Waals surface area contributed by atoms with Crippen LogP contribution in [0.1, 0.15) is 41.0 Å². The summed E-state index contributed by atoms with van der Waals surface area (Å²) < 4.78 is 0. The Morgan fingerprint density at radius 2 is 1.61 bits per heavy atom. The van der Waals surface area contributed by atoms with E-state index in [2.05, 4.69) is 12.1 Å². The molecule has 0 fully saturated rings.